The van der Waals surface area contributed by atoms with Crippen LogP contribution in [0.15, 0.2) is 42.5 Å². The Hall–Kier alpha value is -2.31. The Kier molecular flexibility index (Phi) is 3.64. The highest BCUT2D eigenvalue weighted by Gasteiger charge is 2.26. The van der Waals surface area contributed by atoms with Gasteiger partial charge in [0.15, 0.2) is 0 Å². The molecule has 0 spiro atoms. The number of nitriles is 1. The highest BCUT2D eigenvalue weighted by atomic mass is 15.2. The molecule has 106 valence electrons. The first-order valence-corrected chi connectivity index (χ1v) is 7.30. The van der Waals surface area contributed by atoms with Crippen molar-refractivity contribution in [2.75, 3.05) is 18.0 Å². The van der Waals surface area contributed by atoms with E-state index >= 15 is 0 Å². The Labute approximate surface area is 125 Å². The van der Waals surface area contributed by atoms with Crippen molar-refractivity contribution >= 4 is 5.69 Å². The third-order valence-corrected chi connectivity index (χ3v) is 4.30. The van der Waals surface area contributed by atoms with Crippen molar-refractivity contribution in [2.45, 2.75) is 19.4 Å². The summed E-state index contributed by atoms with van der Waals surface area (Å²) in [5.74, 6) is 0. The van der Waals surface area contributed by atoms with Gasteiger partial charge in [0.2, 0.25) is 0 Å². The summed E-state index contributed by atoms with van der Waals surface area (Å²) in [6.45, 7) is 3.54. The quantitative estimate of drug-likeness (QED) is 0.918. The maximum absolute atomic E-state index is 9.06. The smallest absolute Gasteiger partial charge is 0.0994 e. The highest BCUT2D eigenvalue weighted by molar-refractivity contribution is 5.56. The van der Waals surface area contributed by atoms with E-state index in [0.717, 1.165) is 29.8 Å². The molecule has 21 heavy (non-hydrogen) atoms. The van der Waals surface area contributed by atoms with Gasteiger partial charge in [0.1, 0.15) is 0 Å². The van der Waals surface area contributed by atoms with Crippen LogP contribution in [0.5, 0.6) is 0 Å². The van der Waals surface area contributed by atoms with E-state index in [0.29, 0.717) is 6.54 Å². The Morgan fingerprint density at radius 2 is 2.10 bits per heavy atom. The van der Waals surface area contributed by atoms with E-state index in [1.54, 1.807) is 0 Å². The van der Waals surface area contributed by atoms with Crippen LogP contribution >= 0.6 is 0 Å². The summed E-state index contributed by atoms with van der Waals surface area (Å²) in [5.41, 5.74) is 11.7. The van der Waals surface area contributed by atoms with Crippen molar-refractivity contribution in [3.63, 3.8) is 0 Å². The Bertz CT molecular complexity index is 700. The molecule has 2 aromatic carbocycles. The summed E-state index contributed by atoms with van der Waals surface area (Å²) >= 11 is 0. The molecule has 1 unspecified atom stereocenters. The van der Waals surface area contributed by atoms with Crippen LogP contribution in [0.3, 0.4) is 0 Å². The van der Waals surface area contributed by atoms with E-state index in [1.807, 2.05) is 19.1 Å². The molecule has 2 N–H and O–H groups in total. The molecule has 3 heteroatoms. The minimum atomic E-state index is 0.210. The average molecular weight is 277 g/mol. The zero-order valence-corrected chi connectivity index (χ0v) is 12.2. The second kappa shape index (κ2) is 5.59. The summed E-state index contributed by atoms with van der Waals surface area (Å²) in [4.78, 5) is 2.36. The summed E-state index contributed by atoms with van der Waals surface area (Å²) < 4.78 is 0. The fourth-order valence-electron chi connectivity index (χ4n) is 3.17. The molecule has 0 amide bonds. The van der Waals surface area contributed by atoms with Crippen molar-refractivity contribution in [3.05, 3.63) is 64.7 Å². The largest absolute Gasteiger partial charge is 0.363 e. The molecule has 0 saturated carbocycles. The molecule has 0 saturated heterocycles. The SMILES string of the molecule is Cc1cc(N2CCc3ccccc3C2CN)ccc1C#N. The predicted octanol–water partition coefficient (Wildman–Crippen LogP) is 2.93. The number of rotatable bonds is 2. The molecule has 0 fully saturated rings. The van der Waals surface area contributed by atoms with Crippen LogP contribution in [0.25, 0.3) is 0 Å². The van der Waals surface area contributed by atoms with Gasteiger partial charge in [-0.25, -0.2) is 0 Å². The van der Waals surface area contributed by atoms with E-state index in [4.69, 9.17) is 11.0 Å². The van der Waals surface area contributed by atoms with Gasteiger partial charge in [0.05, 0.1) is 17.7 Å². The summed E-state index contributed by atoms with van der Waals surface area (Å²) in [6, 6.07) is 17.0. The number of hydrogen-bond donors (Lipinski definition) is 1. The van der Waals surface area contributed by atoms with E-state index in [2.05, 4.69) is 41.3 Å². The van der Waals surface area contributed by atoms with Gasteiger partial charge >= 0.3 is 0 Å². The average Bonchev–Trinajstić information content (AvgIpc) is 2.53. The first kappa shape index (κ1) is 13.7. The van der Waals surface area contributed by atoms with Crippen LogP contribution in [0, 0.1) is 18.3 Å². The topological polar surface area (TPSA) is 53.0 Å². The van der Waals surface area contributed by atoms with E-state index in [1.165, 1.54) is 11.1 Å². The van der Waals surface area contributed by atoms with Gasteiger partial charge in [-0.05, 0) is 48.2 Å². The fourth-order valence-corrected chi connectivity index (χ4v) is 3.17. The van der Waals surface area contributed by atoms with Crippen LogP contribution in [-0.2, 0) is 6.42 Å². The van der Waals surface area contributed by atoms with Crippen LogP contribution in [0.2, 0.25) is 0 Å². The molecule has 1 aliphatic rings. The first-order valence-electron chi connectivity index (χ1n) is 7.30. The summed E-state index contributed by atoms with van der Waals surface area (Å²) in [5, 5.41) is 9.06. The lowest BCUT2D eigenvalue weighted by Crippen LogP contribution is -2.39. The number of fused-ring (bicyclic) bond motifs is 1. The molecule has 1 atom stereocenters. The predicted molar refractivity (Wildman–Crippen MR) is 85.2 cm³/mol. The molecule has 1 heterocycles. The number of hydrogen-bond acceptors (Lipinski definition) is 3. The number of nitrogens with zero attached hydrogens (tertiary/aromatic N) is 2. The minimum Gasteiger partial charge on any atom is -0.363 e. The zero-order chi connectivity index (χ0) is 14.8. The van der Waals surface area contributed by atoms with Gasteiger partial charge < -0.3 is 10.6 Å². The van der Waals surface area contributed by atoms with Gasteiger partial charge in [-0.1, -0.05) is 24.3 Å². The lowest BCUT2D eigenvalue weighted by molar-refractivity contribution is 0.590. The molecular formula is C18H19N3. The summed E-state index contributed by atoms with van der Waals surface area (Å²) in [7, 11) is 0. The maximum Gasteiger partial charge on any atom is 0.0994 e. The normalized spacial score (nSPS) is 17.2. The van der Waals surface area contributed by atoms with Crippen LogP contribution < -0.4 is 10.6 Å². The molecule has 3 nitrogen and oxygen atoms in total. The van der Waals surface area contributed by atoms with Crippen LogP contribution in [0.4, 0.5) is 5.69 Å². The second-order valence-corrected chi connectivity index (χ2v) is 5.50. The third kappa shape index (κ3) is 2.39. The van der Waals surface area contributed by atoms with E-state index in [-0.39, 0.29) is 6.04 Å². The Balaban J connectivity index is 2.00. The van der Waals surface area contributed by atoms with Crippen molar-refractivity contribution in [3.8, 4) is 6.07 Å². The fraction of sp³-hybridized carbons (Fsp3) is 0.278. The van der Waals surface area contributed by atoms with Gasteiger partial charge in [-0.15, -0.1) is 0 Å². The molecule has 0 aromatic heterocycles. The van der Waals surface area contributed by atoms with Gasteiger partial charge in [-0.3, -0.25) is 0 Å². The van der Waals surface area contributed by atoms with Gasteiger partial charge in [0.25, 0.3) is 0 Å². The minimum absolute atomic E-state index is 0.210. The number of benzene rings is 2. The molecule has 0 radical (unpaired) electrons. The lowest BCUT2D eigenvalue weighted by atomic mass is 9.92. The molecular weight excluding hydrogens is 258 g/mol. The maximum atomic E-state index is 9.06. The highest BCUT2D eigenvalue weighted by Crippen LogP contribution is 2.33. The second-order valence-electron chi connectivity index (χ2n) is 5.50. The Morgan fingerprint density at radius 1 is 1.29 bits per heavy atom. The number of aryl methyl sites for hydroxylation is 1. The first-order chi connectivity index (χ1) is 10.2. The van der Waals surface area contributed by atoms with Crippen molar-refractivity contribution in [1.29, 1.82) is 5.26 Å². The van der Waals surface area contributed by atoms with Gasteiger partial charge in [-0.2, -0.15) is 5.26 Å². The Morgan fingerprint density at radius 3 is 2.81 bits per heavy atom. The molecule has 2 aromatic rings. The van der Waals surface area contributed by atoms with Crippen molar-refractivity contribution in [2.24, 2.45) is 5.73 Å². The van der Waals surface area contributed by atoms with E-state index < -0.39 is 0 Å². The molecule has 0 aliphatic carbocycles. The number of anilines is 1. The molecule has 1 aliphatic heterocycles. The van der Waals surface area contributed by atoms with Crippen LogP contribution in [-0.4, -0.2) is 13.1 Å². The monoisotopic (exact) mass is 277 g/mol. The standard InChI is InChI=1S/C18H19N3/c1-13-10-16(7-6-15(13)11-19)21-9-8-14-4-2-3-5-17(14)18(21)12-20/h2-7,10,18H,8-9,12,20H2,1H3. The number of nitrogens with two attached hydrogens (primary N) is 1. The third-order valence-electron chi connectivity index (χ3n) is 4.30. The molecule has 3 rings (SSSR count). The lowest BCUT2D eigenvalue weighted by Gasteiger charge is -2.38. The zero-order valence-electron chi connectivity index (χ0n) is 12.2. The summed E-state index contributed by atoms with van der Waals surface area (Å²) in [6.07, 6.45) is 1.03. The van der Waals surface area contributed by atoms with Crippen molar-refractivity contribution < 1.29 is 0 Å². The van der Waals surface area contributed by atoms with E-state index in [9.17, 15) is 0 Å². The van der Waals surface area contributed by atoms with Gasteiger partial charge in [0, 0.05) is 18.8 Å². The molecule has 0 bridgehead atoms. The van der Waals surface area contributed by atoms with Crippen molar-refractivity contribution in [1.82, 2.24) is 0 Å². The van der Waals surface area contributed by atoms with Crippen LogP contribution in [0.1, 0.15) is 28.3 Å².